The molecule has 0 spiro atoms. The highest BCUT2D eigenvalue weighted by atomic mass is 32.1. The Hall–Kier alpha value is -0.610. The zero-order valence-electron chi connectivity index (χ0n) is 7.86. The van der Waals surface area contributed by atoms with Crippen LogP contribution in [0.1, 0.15) is 13.3 Å². The topological polar surface area (TPSA) is 42.1 Å². The molecule has 0 saturated carbocycles. The summed E-state index contributed by atoms with van der Waals surface area (Å²) in [4.78, 5) is 6.63. The first-order chi connectivity index (χ1) is 6.23. The Kier molecular flexibility index (Phi) is 2.26. The fraction of sp³-hybridized carbons (Fsp3) is 0.667. The van der Waals surface area contributed by atoms with Crippen LogP contribution in [0.4, 0.5) is 5.13 Å². The average molecular weight is 197 g/mol. The lowest BCUT2D eigenvalue weighted by atomic mass is 9.90. The van der Waals surface area contributed by atoms with E-state index in [-0.39, 0.29) is 0 Å². The molecule has 1 aliphatic rings. The lowest BCUT2D eigenvalue weighted by molar-refractivity contribution is 0.383. The second kappa shape index (κ2) is 3.27. The van der Waals surface area contributed by atoms with Crippen molar-refractivity contribution in [2.45, 2.75) is 13.3 Å². The first-order valence-electron chi connectivity index (χ1n) is 4.58. The van der Waals surface area contributed by atoms with E-state index in [9.17, 15) is 0 Å². The first kappa shape index (κ1) is 8.97. The van der Waals surface area contributed by atoms with Gasteiger partial charge < -0.3 is 10.6 Å². The van der Waals surface area contributed by atoms with Gasteiger partial charge in [-0.3, -0.25) is 0 Å². The van der Waals surface area contributed by atoms with Gasteiger partial charge in [0.1, 0.15) is 0 Å². The number of nitrogens with zero attached hydrogens (tertiary/aromatic N) is 2. The summed E-state index contributed by atoms with van der Waals surface area (Å²) in [5.74, 6) is 0. The summed E-state index contributed by atoms with van der Waals surface area (Å²) in [5, 5.41) is 3.16. The molecule has 3 nitrogen and oxygen atoms in total. The van der Waals surface area contributed by atoms with Gasteiger partial charge in [-0.25, -0.2) is 4.98 Å². The molecule has 1 unspecified atom stereocenters. The van der Waals surface area contributed by atoms with Gasteiger partial charge in [0.2, 0.25) is 0 Å². The molecule has 1 aliphatic heterocycles. The smallest absolute Gasteiger partial charge is 0.185 e. The number of hydrogen-bond donors (Lipinski definition) is 1. The predicted molar refractivity (Wildman–Crippen MR) is 56.1 cm³/mol. The lowest BCUT2D eigenvalue weighted by Gasteiger charge is -2.21. The Bertz CT molecular complexity index is 272. The van der Waals surface area contributed by atoms with E-state index in [0.29, 0.717) is 5.41 Å². The van der Waals surface area contributed by atoms with Crippen molar-refractivity contribution in [2.75, 3.05) is 24.5 Å². The van der Waals surface area contributed by atoms with E-state index in [2.05, 4.69) is 16.8 Å². The Morgan fingerprint density at radius 2 is 2.62 bits per heavy atom. The van der Waals surface area contributed by atoms with Crippen LogP contribution in [-0.2, 0) is 0 Å². The highest BCUT2D eigenvalue weighted by molar-refractivity contribution is 7.13. The molecule has 1 aromatic heterocycles. The number of aromatic nitrogens is 1. The maximum atomic E-state index is 5.74. The molecule has 1 fully saturated rings. The van der Waals surface area contributed by atoms with Gasteiger partial charge in [0.25, 0.3) is 0 Å². The van der Waals surface area contributed by atoms with Crippen molar-refractivity contribution in [3.63, 3.8) is 0 Å². The second-order valence-electron chi connectivity index (χ2n) is 4.00. The fourth-order valence-electron chi connectivity index (χ4n) is 1.73. The van der Waals surface area contributed by atoms with Gasteiger partial charge in [0.05, 0.1) is 0 Å². The molecular weight excluding hydrogens is 182 g/mol. The highest BCUT2D eigenvalue weighted by Crippen LogP contribution is 2.32. The minimum atomic E-state index is 0.297. The van der Waals surface area contributed by atoms with Crippen molar-refractivity contribution in [1.29, 1.82) is 0 Å². The van der Waals surface area contributed by atoms with Gasteiger partial charge >= 0.3 is 0 Å². The number of anilines is 1. The van der Waals surface area contributed by atoms with E-state index >= 15 is 0 Å². The van der Waals surface area contributed by atoms with Crippen molar-refractivity contribution in [3.05, 3.63) is 11.6 Å². The molecule has 1 atom stereocenters. The minimum absolute atomic E-state index is 0.297. The van der Waals surface area contributed by atoms with Gasteiger partial charge in [-0.05, 0) is 18.4 Å². The molecule has 0 amide bonds. The molecule has 0 aliphatic carbocycles. The number of rotatable bonds is 2. The summed E-state index contributed by atoms with van der Waals surface area (Å²) in [5.41, 5.74) is 6.04. The molecule has 13 heavy (non-hydrogen) atoms. The molecule has 2 N–H and O–H groups in total. The van der Waals surface area contributed by atoms with E-state index in [1.165, 1.54) is 6.42 Å². The fourth-order valence-corrected chi connectivity index (χ4v) is 2.40. The predicted octanol–water partition coefficient (Wildman–Crippen LogP) is 1.32. The molecule has 2 rings (SSSR count). The lowest BCUT2D eigenvalue weighted by Crippen LogP contribution is -2.31. The molecule has 0 radical (unpaired) electrons. The number of thiazole rings is 1. The molecule has 72 valence electrons. The Balaban J connectivity index is 2.07. The summed E-state index contributed by atoms with van der Waals surface area (Å²) in [7, 11) is 0. The third kappa shape index (κ3) is 1.69. The standard InChI is InChI=1S/C9H15N3S/c1-9(6-10)2-4-12(7-9)8-11-3-5-13-8/h3,5H,2,4,6-7,10H2,1H3. The van der Waals surface area contributed by atoms with Gasteiger partial charge in [0, 0.05) is 24.7 Å². The zero-order chi connectivity index (χ0) is 9.31. The highest BCUT2D eigenvalue weighted by Gasteiger charge is 2.33. The van der Waals surface area contributed by atoms with Gasteiger partial charge in [-0.2, -0.15) is 0 Å². The molecular formula is C9H15N3S. The normalized spacial score (nSPS) is 28.3. The van der Waals surface area contributed by atoms with Crippen LogP contribution in [0.3, 0.4) is 0 Å². The van der Waals surface area contributed by atoms with Crippen LogP contribution in [0.5, 0.6) is 0 Å². The first-order valence-corrected chi connectivity index (χ1v) is 5.46. The van der Waals surface area contributed by atoms with E-state index in [4.69, 9.17) is 5.73 Å². The van der Waals surface area contributed by atoms with Gasteiger partial charge in [-0.15, -0.1) is 11.3 Å². The molecule has 1 saturated heterocycles. The summed E-state index contributed by atoms with van der Waals surface area (Å²) in [6.45, 7) is 5.17. The zero-order valence-corrected chi connectivity index (χ0v) is 8.68. The third-order valence-electron chi connectivity index (χ3n) is 2.74. The van der Waals surface area contributed by atoms with Crippen LogP contribution >= 0.6 is 11.3 Å². The maximum Gasteiger partial charge on any atom is 0.185 e. The van der Waals surface area contributed by atoms with Crippen molar-refractivity contribution in [2.24, 2.45) is 11.1 Å². The van der Waals surface area contributed by atoms with Crippen molar-refractivity contribution >= 4 is 16.5 Å². The summed E-state index contributed by atoms with van der Waals surface area (Å²) in [6, 6.07) is 0. The summed E-state index contributed by atoms with van der Waals surface area (Å²) < 4.78 is 0. The van der Waals surface area contributed by atoms with Gasteiger partial charge in [0.15, 0.2) is 5.13 Å². The Morgan fingerprint density at radius 3 is 3.15 bits per heavy atom. The quantitative estimate of drug-likeness (QED) is 0.777. The average Bonchev–Trinajstić information content (AvgIpc) is 2.73. The summed E-state index contributed by atoms with van der Waals surface area (Å²) >= 11 is 1.71. The third-order valence-corrected chi connectivity index (χ3v) is 3.57. The van der Waals surface area contributed by atoms with Crippen molar-refractivity contribution < 1.29 is 0 Å². The Labute approximate surface area is 82.6 Å². The SMILES string of the molecule is CC1(CN)CCN(c2nccs2)C1. The van der Waals surface area contributed by atoms with E-state index in [1.807, 2.05) is 11.6 Å². The van der Waals surface area contributed by atoms with Crippen LogP contribution in [0.25, 0.3) is 0 Å². The summed E-state index contributed by atoms with van der Waals surface area (Å²) in [6.07, 6.45) is 3.04. The van der Waals surface area contributed by atoms with Crippen LogP contribution in [-0.4, -0.2) is 24.6 Å². The van der Waals surface area contributed by atoms with Crippen molar-refractivity contribution in [1.82, 2.24) is 4.98 Å². The largest absolute Gasteiger partial charge is 0.347 e. The van der Waals surface area contributed by atoms with Crippen LogP contribution in [0.2, 0.25) is 0 Å². The van der Waals surface area contributed by atoms with E-state index in [1.54, 1.807) is 11.3 Å². The second-order valence-corrected chi connectivity index (χ2v) is 4.87. The van der Waals surface area contributed by atoms with Gasteiger partial charge in [-0.1, -0.05) is 6.92 Å². The van der Waals surface area contributed by atoms with Crippen molar-refractivity contribution in [3.8, 4) is 0 Å². The number of nitrogens with two attached hydrogens (primary N) is 1. The monoisotopic (exact) mass is 197 g/mol. The minimum Gasteiger partial charge on any atom is -0.347 e. The molecule has 1 aromatic rings. The molecule has 4 heteroatoms. The van der Waals surface area contributed by atoms with Crippen LogP contribution in [0.15, 0.2) is 11.6 Å². The number of hydrogen-bond acceptors (Lipinski definition) is 4. The molecule has 2 heterocycles. The van der Waals surface area contributed by atoms with E-state index < -0.39 is 0 Å². The molecule has 0 aromatic carbocycles. The van der Waals surface area contributed by atoms with Crippen LogP contribution < -0.4 is 10.6 Å². The van der Waals surface area contributed by atoms with Crippen LogP contribution in [0, 0.1) is 5.41 Å². The maximum absolute atomic E-state index is 5.74. The van der Waals surface area contributed by atoms with E-state index in [0.717, 1.165) is 24.8 Å². The molecule has 0 bridgehead atoms. The Morgan fingerprint density at radius 1 is 1.77 bits per heavy atom.